The predicted molar refractivity (Wildman–Crippen MR) is 152 cm³/mol. The van der Waals surface area contributed by atoms with Gasteiger partial charge < -0.3 is 20.9 Å². The van der Waals surface area contributed by atoms with Crippen molar-refractivity contribution in [2.75, 3.05) is 18.4 Å². The Morgan fingerprint density at radius 3 is 2.22 bits per heavy atom. The summed E-state index contributed by atoms with van der Waals surface area (Å²) in [6.07, 6.45) is 6.67. The number of amidine groups is 1. The van der Waals surface area contributed by atoms with Gasteiger partial charge >= 0.3 is 0 Å². The van der Waals surface area contributed by atoms with E-state index in [-0.39, 0.29) is 5.54 Å². The Bertz CT molecular complexity index is 1500. The Labute approximate surface area is 218 Å². The van der Waals surface area contributed by atoms with E-state index in [1.807, 2.05) is 6.20 Å². The quantitative estimate of drug-likeness (QED) is 0.277. The molecule has 0 radical (unpaired) electrons. The van der Waals surface area contributed by atoms with Gasteiger partial charge in [0.25, 0.3) is 0 Å². The molecular formula is C31H34N6. The molecule has 2 fully saturated rings. The Morgan fingerprint density at radius 2 is 1.46 bits per heavy atom. The lowest BCUT2D eigenvalue weighted by molar-refractivity contribution is 0.547. The molecule has 1 aromatic heterocycles. The van der Waals surface area contributed by atoms with Crippen LogP contribution in [0.15, 0.2) is 65.8 Å². The zero-order valence-corrected chi connectivity index (χ0v) is 21.6. The van der Waals surface area contributed by atoms with Crippen LogP contribution in [0.2, 0.25) is 0 Å². The van der Waals surface area contributed by atoms with Crippen LogP contribution in [-0.2, 0) is 5.54 Å². The van der Waals surface area contributed by atoms with Gasteiger partial charge in [0.1, 0.15) is 11.7 Å². The lowest BCUT2D eigenvalue weighted by Crippen LogP contribution is -2.40. The zero-order valence-electron chi connectivity index (χ0n) is 21.6. The van der Waals surface area contributed by atoms with Gasteiger partial charge in [-0.15, -0.1) is 0 Å². The van der Waals surface area contributed by atoms with Crippen LogP contribution in [-0.4, -0.2) is 34.9 Å². The van der Waals surface area contributed by atoms with Crippen molar-refractivity contribution in [1.82, 2.24) is 20.6 Å². The second-order valence-electron chi connectivity index (χ2n) is 11.2. The fourth-order valence-electron chi connectivity index (χ4n) is 6.14. The molecule has 37 heavy (non-hydrogen) atoms. The summed E-state index contributed by atoms with van der Waals surface area (Å²) in [5.41, 5.74) is 6.87. The molecule has 3 aliphatic heterocycles. The molecule has 3 aliphatic rings. The summed E-state index contributed by atoms with van der Waals surface area (Å²) in [6.45, 7) is 6.56. The number of aliphatic imine (C=N–C) groups is 1. The number of aromatic amines is 1. The first-order valence-corrected chi connectivity index (χ1v) is 13.6. The van der Waals surface area contributed by atoms with E-state index in [1.165, 1.54) is 51.6 Å². The highest BCUT2D eigenvalue weighted by Crippen LogP contribution is 2.39. The highest BCUT2D eigenvalue weighted by atomic mass is 15.1. The Hall–Kier alpha value is -3.48. The molecule has 4 aromatic rings. The lowest BCUT2D eigenvalue weighted by atomic mass is 9.88. The van der Waals surface area contributed by atoms with Crippen molar-refractivity contribution >= 4 is 22.3 Å². The summed E-state index contributed by atoms with van der Waals surface area (Å²) in [5, 5.41) is 13.2. The average molecular weight is 491 g/mol. The molecular weight excluding hydrogens is 456 g/mol. The van der Waals surface area contributed by atoms with Crippen LogP contribution in [0.3, 0.4) is 0 Å². The number of H-pyrrole nitrogens is 1. The molecule has 0 aliphatic carbocycles. The SMILES string of the molecule is CC1(C)N=C(C2CCCN2)Nc2cc(-c3ccc4cc(-c5cnc(C6CCCN6)[nH]5)ccc4c3)ccc21. The largest absolute Gasteiger partial charge is 0.342 e. The number of nitrogens with one attached hydrogen (secondary N) is 4. The van der Waals surface area contributed by atoms with Gasteiger partial charge in [0.2, 0.25) is 0 Å². The van der Waals surface area contributed by atoms with Crippen molar-refractivity contribution < 1.29 is 0 Å². The summed E-state index contributed by atoms with van der Waals surface area (Å²) >= 11 is 0. The summed E-state index contributed by atoms with van der Waals surface area (Å²) in [7, 11) is 0. The summed E-state index contributed by atoms with van der Waals surface area (Å²) < 4.78 is 0. The minimum Gasteiger partial charge on any atom is -0.342 e. The normalized spacial score (nSPS) is 22.6. The third-order valence-corrected chi connectivity index (χ3v) is 8.20. The van der Waals surface area contributed by atoms with Crippen LogP contribution < -0.4 is 16.0 Å². The number of hydrogen-bond acceptors (Lipinski definition) is 5. The third-order valence-electron chi connectivity index (χ3n) is 8.20. The van der Waals surface area contributed by atoms with Crippen molar-refractivity contribution in [3.05, 3.63) is 72.2 Å². The Kier molecular flexibility index (Phi) is 5.41. The van der Waals surface area contributed by atoms with Gasteiger partial charge in [0, 0.05) is 16.8 Å². The molecule has 4 heterocycles. The van der Waals surface area contributed by atoms with E-state index in [4.69, 9.17) is 4.99 Å². The fraction of sp³-hybridized carbons (Fsp3) is 0.355. The van der Waals surface area contributed by atoms with Crippen molar-refractivity contribution in [3.8, 4) is 22.4 Å². The number of hydrogen-bond donors (Lipinski definition) is 4. The van der Waals surface area contributed by atoms with Crippen molar-refractivity contribution in [3.63, 3.8) is 0 Å². The molecule has 2 atom stereocenters. The van der Waals surface area contributed by atoms with Crippen molar-refractivity contribution in [1.29, 1.82) is 0 Å². The van der Waals surface area contributed by atoms with Crippen LogP contribution in [0.25, 0.3) is 33.2 Å². The van der Waals surface area contributed by atoms with Crippen molar-refractivity contribution in [2.45, 2.75) is 57.2 Å². The first-order valence-electron chi connectivity index (χ1n) is 13.6. The van der Waals surface area contributed by atoms with Gasteiger partial charge in [-0.3, -0.25) is 4.99 Å². The average Bonchev–Trinajstić information content (AvgIpc) is 3.69. The van der Waals surface area contributed by atoms with Crippen LogP contribution in [0, 0.1) is 0 Å². The molecule has 2 saturated heterocycles. The minimum absolute atomic E-state index is 0.237. The third kappa shape index (κ3) is 4.14. The Balaban J connectivity index is 1.18. The second kappa shape index (κ2) is 8.82. The fourth-order valence-corrected chi connectivity index (χ4v) is 6.14. The number of fused-ring (bicyclic) bond motifs is 2. The minimum atomic E-state index is -0.237. The van der Waals surface area contributed by atoms with E-state index in [1.54, 1.807) is 0 Å². The highest BCUT2D eigenvalue weighted by molar-refractivity contribution is 6.03. The van der Waals surface area contributed by atoms with Gasteiger partial charge in [0.05, 0.1) is 29.5 Å². The first kappa shape index (κ1) is 22.7. The standard InChI is InChI=1S/C31H34N6/c1-31(2)24-12-11-22(17-27(24)35-30(37-31)26-6-4-14-33-26)20-7-8-21-16-23(10-9-19(21)15-20)28-18-34-29(36-28)25-5-3-13-32-25/h7-12,15-18,25-26,32-33H,3-6,13-14H2,1-2H3,(H,34,36)(H,35,37). The molecule has 0 spiro atoms. The predicted octanol–water partition coefficient (Wildman–Crippen LogP) is 6.13. The highest BCUT2D eigenvalue weighted by Gasteiger charge is 2.32. The number of aromatic nitrogens is 2. The van der Waals surface area contributed by atoms with Crippen LogP contribution in [0.1, 0.15) is 57.0 Å². The first-order chi connectivity index (χ1) is 18.0. The van der Waals surface area contributed by atoms with Crippen LogP contribution in [0.4, 0.5) is 5.69 Å². The van der Waals surface area contributed by atoms with Gasteiger partial charge in [-0.05, 0) is 92.7 Å². The monoisotopic (exact) mass is 490 g/mol. The molecule has 6 nitrogen and oxygen atoms in total. The summed E-state index contributed by atoms with van der Waals surface area (Å²) in [4.78, 5) is 13.3. The zero-order chi connectivity index (χ0) is 25.0. The maximum atomic E-state index is 5.07. The molecule has 2 unspecified atom stereocenters. The van der Waals surface area contributed by atoms with Gasteiger partial charge in [-0.1, -0.05) is 36.4 Å². The number of rotatable bonds is 4. The van der Waals surface area contributed by atoms with E-state index >= 15 is 0 Å². The van der Waals surface area contributed by atoms with Crippen LogP contribution >= 0.6 is 0 Å². The molecule has 7 rings (SSSR count). The number of benzene rings is 3. The van der Waals surface area contributed by atoms with E-state index < -0.39 is 0 Å². The van der Waals surface area contributed by atoms with Gasteiger partial charge in [0.15, 0.2) is 0 Å². The smallest absolute Gasteiger partial charge is 0.123 e. The lowest BCUT2D eigenvalue weighted by Gasteiger charge is -2.33. The molecule has 0 amide bonds. The van der Waals surface area contributed by atoms with Crippen LogP contribution in [0.5, 0.6) is 0 Å². The number of imidazole rings is 1. The van der Waals surface area contributed by atoms with E-state index in [0.29, 0.717) is 12.1 Å². The number of anilines is 1. The maximum absolute atomic E-state index is 5.07. The van der Waals surface area contributed by atoms with Crippen molar-refractivity contribution in [2.24, 2.45) is 4.99 Å². The number of nitrogens with zero attached hydrogens (tertiary/aromatic N) is 2. The van der Waals surface area contributed by atoms with E-state index in [0.717, 1.165) is 43.3 Å². The Morgan fingerprint density at radius 1 is 0.784 bits per heavy atom. The molecule has 6 heteroatoms. The summed E-state index contributed by atoms with van der Waals surface area (Å²) in [6, 6.07) is 20.9. The van der Waals surface area contributed by atoms with E-state index in [2.05, 4.69) is 94.4 Å². The molecule has 0 saturated carbocycles. The van der Waals surface area contributed by atoms with E-state index in [9.17, 15) is 0 Å². The molecule has 4 N–H and O–H groups in total. The topological polar surface area (TPSA) is 77.1 Å². The van der Waals surface area contributed by atoms with Gasteiger partial charge in [-0.25, -0.2) is 4.98 Å². The molecule has 0 bridgehead atoms. The second-order valence-corrected chi connectivity index (χ2v) is 11.2. The molecule has 188 valence electrons. The molecule has 3 aromatic carbocycles. The summed E-state index contributed by atoms with van der Waals surface area (Å²) in [5.74, 6) is 2.12. The van der Waals surface area contributed by atoms with Gasteiger partial charge in [-0.2, -0.15) is 0 Å². The maximum Gasteiger partial charge on any atom is 0.123 e.